The standard InChI is InChI=1S/C9H11NO3/c1-7(11)13-9-6-4-3-5-8(10-9)12-2/h3-6,9H,1-2H3. The summed E-state index contributed by atoms with van der Waals surface area (Å²) >= 11 is 0. The van der Waals surface area contributed by atoms with Gasteiger partial charge in [0, 0.05) is 6.92 Å². The summed E-state index contributed by atoms with van der Waals surface area (Å²) in [7, 11) is 1.51. The molecule has 1 unspecified atom stereocenters. The molecular formula is C9H11NO3. The van der Waals surface area contributed by atoms with Crippen LogP contribution in [0.25, 0.3) is 0 Å². The lowest BCUT2D eigenvalue weighted by atomic mass is 10.4. The smallest absolute Gasteiger partial charge is 0.304 e. The topological polar surface area (TPSA) is 47.9 Å². The van der Waals surface area contributed by atoms with E-state index in [0.717, 1.165) is 0 Å². The number of nitrogens with zero attached hydrogens (tertiary/aromatic N) is 1. The van der Waals surface area contributed by atoms with Crippen LogP contribution in [0.1, 0.15) is 6.92 Å². The second-order valence-corrected chi connectivity index (χ2v) is 2.42. The first-order chi connectivity index (χ1) is 6.22. The molecule has 0 radical (unpaired) electrons. The fourth-order valence-corrected chi connectivity index (χ4v) is 0.865. The van der Waals surface area contributed by atoms with Crippen molar-refractivity contribution in [3.63, 3.8) is 0 Å². The van der Waals surface area contributed by atoms with Crippen LogP contribution in [0.4, 0.5) is 0 Å². The molecule has 0 amide bonds. The molecule has 0 aromatic heterocycles. The van der Waals surface area contributed by atoms with Crippen molar-refractivity contribution < 1.29 is 14.3 Å². The number of aliphatic imine (C=N–C) groups is 1. The van der Waals surface area contributed by atoms with Gasteiger partial charge in [0.15, 0.2) is 0 Å². The lowest BCUT2D eigenvalue weighted by Gasteiger charge is -2.07. The van der Waals surface area contributed by atoms with Crippen LogP contribution in [0.3, 0.4) is 0 Å². The normalized spacial score (nSPS) is 20.5. The number of rotatable bonds is 1. The molecule has 13 heavy (non-hydrogen) atoms. The zero-order valence-corrected chi connectivity index (χ0v) is 7.56. The first-order valence-corrected chi connectivity index (χ1v) is 3.86. The van der Waals surface area contributed by atoms with Gasteiger partial charge in [-0.25, -0.2) is 4.99 Å². The Bertz CT molecular complexity index is 279. The quantitative estimate of drug-likeness (QED) is 0.568. The van der Waals surface area contributed by atoms with Gasteiger partial charge >= 0.3 is 5.97 Å². The first-order valence-electron chi connectivity index (χ1n) is 3.86. The Hall–Kier alpha value is -1.58. The zero-order chi connectivity index (χ0) is 9.68. The first kappa shape index (κ1) is 9.51. The summed E-state index contributed by atoms with van der Waals surface area (Å²) in [5, 5.41) is 0. The molecule has 0 saturated heterocycles. The predicted octanol–water partition coefficient (Wildman–Crippen LogP) is 1.05. The number of allylic oxidation sites excluding steroid dienone is 2. The highest BCUT2D eigenvalue weighted by Crippen LogP contribution is 2.03. The molecule has 0 bridgehead atoms. The van der Waals surface area contributed by atoms with E-state index >= 15 is 0 Å². The molecule has 0 saturated carbocycles. The van der Waals surface area contributed by atoms with E-state index in [1.807, 2.05) is 0 Å². The number of carbonyl (C=O) groups excluding carboxylic acids is 1. The molecule has 4 nitrogen and oxygen atoms in total. The Morgan fingerprint density at radius 1 is 1.54 bits per heavy atom. The minimum atomic E-state index is -0.581. The van der Waals surface area contributed by atoms with Crippen molar-refractivity contribution in [3.05, 3.63) is 24.3 Å². The van der Waals surface area contributed by atoms with Crippen LogP contribution < -0.4 is 0 Å². The third-order valence-electron chi connectivity index (χ3n) is 1.38. The fraction of sp³-hybridized carbons (Fsp3) is 0.333. The molecule has 4 heteroatoms. The van der Waals surface area contributed by atoms with Gasteiger partial charge in [-0.1, -0.05) is 12.2 Å². The molecule has 70 valence electrons. The number of carbonyl (C=O) groups is 1. The van der Waals surface area contributed by atoms with E-state index in [4.69, 9.17) is 9.47 Å². The Morgan fingerprint density at radius 3 is 2.92 bits per heavy atom. The van der Waals surface area contributed by atoms with Crippen molar-refractivity contribution in [3.8, 4) is 0 Å². The van der Waals surface area contributed by atoms with Gasteiger partial charge in [0.2, 0.25) is 12.1 Å². The van der Waals surface area contributed by atoms with Crippen LogP contribution >= 0.6 is 0 Å². The highest BCUT2D eigenvalue weighted by atomic mass is 16.6. The molecule has 0 aromatic rings. The minimum Gasteiger partial charge on any atom is -0.481 e. The SMILES string of the molecule is COC1=NC(OC(C)=O)C=CC=C1. The van der Waals surface area contributed by atoms with E-state index in [1.165, 1.54) is 14.0 Å². The summed E-state index contributed by atoms with van der Waals surface area (Å²) in [6.07, 6.45) is 6.31. The summed E-state index contributed by atoms with van der Waals surface area (Å²) in [6.45, 7) is 1.34. The van der Waals surface area contributed by atoms with Gasteiger partial charge in [0.1, 0.15) is 0 Å². The van der Waals surface area contributed by atoms with Crippen molar-refractivity contribution in [1.29, 1.82) is 0 Å². The summed E-state index contributed by atoms with van der Waals surface area (Å²) in [5.41, 5.74) is 0. The maximum Gasteiger partial charge on any atom is 0.304 e. The number of methoxy groups -OCH3 is 1. The number of hydrogen-bond donors (Lipinski definition) is 0. The molecule has 1 atom stereocenters. The zero-order valence-electron chi connectivity index (χ0n) is 7.56. The van der Waals surface area contributed by atoms with Crippen molar-refractivity contribution in [2.45, 2.75) is 13.2 Å². The summed E-state index contributed by atoms with van der Waals surface area (Å²) in [6, 6.07) is 0. The molecule has 0 aliphatic carbocycles. The third-order valence-corrected chi connectivity index (χ3v) is 1.38. The van der Waals surface area contributed by atoms with Crippen molar-refractivity contribution in [2.75, 3.05) is 7.11 Å². The largest absolute Gasteiger partial charge is 0.481 e. The number of esters is 1. The van der Waals surface area contributed by atoms with Crippen LogP contribution in [0.5, 0.6) is 0 Å². The third kappa shape index (κ3) is 3.11. The average molecular weight is 181 g/mol. The maximum atomic E-state index is 10.6. The van der Waals surface area contributed by atoms with Crippen molar-refractivity contribution in [1.82, 2.24) is 0 Å². The lowest BCUT2D eigenvalue weighted by Crippen LogP contribution is -2.13. The number of ether oxygens (including phenoxy) is 2. The van der Waals surface area contributed by atoms with Crippen LogP contribution in [0.15, 0.2) is 29.3 Å². The lowest BCUT2D eigenvalue weighted by molar-refractivity contribution is -0.143. The van der Waals surface area contributed by atoms with Crippen LogP contribution in [0.2, 0.25) is 0 Å². The summed E-state index contributed by atoms with van der Waals surface area (Å²) < 4.78 is 9.78. The van der Waals surface area contributed by atoms with Gasteiger partial charge in [-0.2, -0.15) is 0 Å². The Balaban J connectivity index is 2.70. The number of hydrogen-bond acceptors (Lipinski definition) is 4. The van der Waals surface area contributed by atoms with Crippen molar-refractivity contribution >= 4 is 11.9 Å². The van der Waals surface area contributed by atoms with Gasteiger partial charge in [-0.15, -0.1) is 0 Å². The highest BCUT2D eigenvalue weighted by molar-refractivity contribution is 5.88. The second kappa shape index (κ2) is 4.45. The Morgan fingerprint density at radius 2 is 2.31 bits per heavy atom. The second-order valence-electron chi connectivity index (χ2n) is 2.42. The van der Waals surface area contributed by atoms with Gasteiger partial charge in [-0.3, -0.25) is 4.79 Å². The highest BCUT2D eigenvalue weighted by Gasteiger charge is 2.08. The van der Waals surface area contributed by atoms with Crippen LogP contribution in [-0.4, -0.2) is 25.2 Å². The van der Waals surface area contributed by atoms with E-state index in [9.17, 15) is 4.79 Å². The van der Waals surface area contributed by atoms with E-state index < -0.39 is 6.23 Å². The molecule has 1 aliphatic rings. The van der Waals surface area contributed by atoms with Gasteiger partial charge < -0.3 is 9.47 Å². The van der Waals surface area contributed by atoms with Crippen molar-refractivity contribution in [2.24, 2.45) is 4.99 Å². The molecule has 0 fully saturated rings. The van der Waals surface area contributed by atoms with Gasteiger partial charge in [0.25, 0.3) is 0 Å². The van der Waals surface area contributed by atoms with E-state index in [0.29, 0.717) is 5.90 Å². The molecular weight excluding hydrogens is 170 g/mol. The fourth-order valence-electron chi connectivity index (χ4n) is 0.865. The van der Waals surface area contributed by atoms with Crippen LogP contribution in [-0.2, 0) is 14.3 Å². The summed E-state index contributed by atoms with van der Waals surface area (Å²) in [4.78, 5) is 14.6. The van der Waals surface area contributed by atoms with Crippen LogP contribution in [0, 0.1) is 0 Å². The van der Waals surface area contributed by atoms with E-state index in [1.54, 1.807) is 24.3 Å². The molecule has 1 heterocycles. The van der Waals surface area contributed by atoms with Gasteiger partial charge in [-0.05, 0) is 12.2 Å². The molecule has 0 N–H and O–H groups in total. The van der Waals surface area contributed by atoms with E-state index in [2.05, 4.69) is 4.99 Å². The van der Waals surface area contributed by atoms with Gasteiger partial charge in [0.05, 0.1) is 7.11 Å². The Kier molecular flexibility index (Phi) is 3.25. The molecule has 1 aliphatic heterocycles. The molecule has 0 aromatic carbocycles. The predicted molar refractivity (Wildman–Crippen MR) is 48.3 cm³/mol. The minimum absolute atomic E-state index is 0.365. The average Bonchev–Trinajstić information content (AvgIpc) is 2.28. The maximum absolute atomic E-state index is 10.6. The van der Waals surface area contributed by atoms with E-state index in [-0.39, 0.29) is 5.97 Å². The Labute approximate surface area is 76.6 Å². The molecule has 0 spiro atoms. The summed E-state index contributed by atoms with van der Waals surface area (Å²) in [5.74, 6) is 0.0759. The monoisotopic (exact) mass is 181 g/mol. The molecule has 1 rings (SSSR count).